The van der Waals surface area contributed by atoms with Gasteiger partial charge >= 0.3 is 11.9 Å². The lowest BCUT2D eigenvalue weighted by molar-refractivity contribution is -0.139. The number of halogens is 1. The van der Waals surface area contributed by atoms with E-state index < -0.39 is 23.8 Å². The zero-order valence-corrected chi connectivity index (χ0v) is 18.6. The summed E-state index contributed by atoms with van der Waals surface area (Å²) in [7, 11) is 0. The third-order valence-electron chi connectivity index (χ3n) is 5.16. The summed E-state index contributed by atoms with van der Waals surface area (Å²) in [6.07, 6.45) is 1.64. The average molecular weight is 466 g/mol. The summed E-state index contributed by atoms with van der Waals surface area (Å²) in [6.45, 7) is 3.51. The molecule has 2 heterocycles. The molecule has 1 atom stereocenters. The zero-order chi connectivity index (χ0) is 23.7. The van der Waals surface area contributed by atoms with Gasteiger partial charge in [0, 0.05) is 0 Å². The molecule has 7 nitrogen and oxygen atoms in total. The van der Waals surface area contributed by atoms with E-state index in [1.165, 1.54) is 41.0 Å². The number of ether oxygens (including phenoxy) is 1. The Morgan fingerprint density at radius 3 is 2.45 bits per heavy atom. The van der Waals surface area contributed by atoms with Crippen LogP contribution in [-0.2, 0) is 9.53 Å². The molecule has 1 aromatic heterocycles. The lowest BCUT2D eigenvalue weighted by Gasteiger charge is -2.24. The summed E-state index contributed by atoms with van der Waals surface area (Å²) in [4.78, 5) is 42.1. The average Bonchev–Trinajstić information content (AvgIpc) is 3.08. The smallest absolute Gasteiger partial charge is 0.338 e. The van der Waals surface area contributed by atoms with Gasteiger partial charge in [0.25, 0.3) is 5.56 Å². The molecule has 0 saturated heterocycles. The first-order valence-corrected chi connectivity index (χ1v) is 10.9. The van der Waals surface area contributed by atoms with E-state index in [9.17, 15) is 18.8 Å². The maximum Gasteiger partial charge on any atom is 0.338 e. The standard InChI is InChI=1S/C24H19FN2O5S/c1-3-32-23(31)19-13(2)26-24-27(20(19)15-8-10-17(25)11-9-15)21(28)18(33-24)12-14-4-6-16(7-5-14)22(29)30/h4-12,20H,3H2,1-2H3,(H,29,30)/b18-12-/t20-/m0/s1. The predicted molar refractivity (Wildman–Crippen MR) is 120 cm³/mol. The third-order valence-corrected chi connectivity index (χ3v) is 6.14. The van der Waals surface area contributed by atoms with E-state index in [4.69, 9.17) is 9.84 Å². The lowest BCUT2D eigenvalue weighted by atomic mass is 9.96. The van der Waals surface area contributed by atoms with E-state index in [-0.39, 0.29) is 23.3 Å². The van der Waals surface area contributed by atoms with Gasteiger partial charge in [-0.25, -0.2) is 19.0 Å². The Balaban J connectivity index is 1.90. The highest BCUT2D eigenvalue weighted by Crippen LogP contribution is 2.30. The Labute approximate surface area is 191 Å². The van der Waals surface area contributed by atoms with Gasteiger partial charge in [-0.2, -0.15) is 0 Å². The molecule has 2 aromatic carbocycles. The number of allylic oxidation sites excluding steroid dienone is 1. The minimum atomic E-state index is -1.04. The summed E-state index contributed by atoms with van der Waals surface area (Å²) < 4.78 is 20.6. The van der Waals surface area contributed by atoms with Gasteiger partial charge in [0.15, 0.2) is 4.80 Å². The number of nitrogens with zero attached hydrogens (tertiary/aromatic N) is 2. The molecule has 0 radical (unpaired) electrons. The van der Waals surface area contributed by atoms with Crippen molar-refractivity contribution in [3.05, 3.63) is 102 Å². The van der Waals surface area contributed by atoms with Crippen molar-refractivity contribution in [2.75, 3.05) is 6.61 Å². The van der Waals surface area contributed by atoms with Gasteiger partial charge in [-0.05, 0) is 55.3 Å². The zero-order valence-electron chi connectivity index (χ0n) is 17.7. The fourth-order valence-corrected chi connectivity index (χ4v) is 4.67. The molecule has 1 aliphatic heterocycles. The minimum Gasteiger partial charge on any atom is -0.478 e. The molecular formula is C24H19FN2O5S. The Morgan fingerprint density at radius 1 is 1.18 bits per heavy atom. The molecule has 0 spiro atoms. The van der Waals surface area contributed by atoms with Crippen molar-refractivity contribution in [1.29, 1.82) is 0 Å². The third kappa shape index (κ3) is 4.27. The largest absolute Gasteiger partial charge is 0.478 e. The van der Waals surface area contributed by atoms with Crippen molar-refractivity contribution in [1.82, 2.24) is 4.57 Å². The van der Waals surface area contributed by atoms with E-state index in [0.29, 0.717) is 26.2 Å². The molecule has 0 aliphatic carbocycles. The Morgan fingerprint density at radius 2 is 1.85 bits per heavy atom. The first-order valence-electron chi connectivity index (χ1n) is 10.1. The van der Waals surface area contributed by atoms with Gasteiger partial charge in [0.2, 0.25) is 0 Å². The van der Waals surface area contributed by atoms with Crippen LogP contribution in [0.4, 0.5) is 4.39 Å². The van der Waals surface area contributed by atoms with Crippen LogP contribution in [0.15, 0.2) is 69.6 Å². The minimum absolute atomic E-state index is 0.139. The molecule has 1 N–H and O–H groups in total. The number of fused-ring (bicyclic) bond motifs is 1. The highest BCUT2D eigenvalue weighted by Gasteiger charge is 2.33. The van der Waals surface area contributed by atoms with E-state index in [0.717, 1.165) is 11.3 Å². The van der Waals surface area contributed by atoms with Crippen molar-refractivity contribution >= 4 is 29.4 Å². The van der Waals surface area contributed by atoms with Crippen LogP contribution in [0.25, 0.3) is 6.08 Å². The molecule has 168 valence electrons. The van der Waals surface area contributed by atoms with Crippen LogP contribution in [0.2, 0.25) is 0 Å². The molecule has 0 fully saturated rings. The van der Waals surface area contributed by atoms with E-state index >= 15 is 0 Å². The Hall–Kier alpha value is -3.85. The predicted octanol–water partition coefficient (Wildman–Crippen LogP) is 2.64. The molecule has 33 heavy (non-hydrogen) atoms. The highest BCUT2D eigenvalue weighted by atomic mass is 32.1. The maximum absolute atomic E-state index is 13.6. The van der Waals surface area contributed by atoms with Gasteiger partial charge in [-0.3, -0.25) is 9.36 Å². The number of hydrogen-bond acceptors (Lipinski definition) is 6. The summed E-state index contributed by atoms with van der Waals surface area (Å²) >= 11 is 1.15. The number of esters is 1. The van der Waals surface area contributed by atoms with Gasteiger partial charge < -0.3 is 9.84 Å². The molecule has 1 aliphatic rings. The molecule has 3 aromatic rings. The summed E-state index contributed by atoms with van der Waals surface area (Å²) in [6, 6.07) is 10.9. The number of carboxylic acids is 1. The lowest BCUT2D eigenvalue weighted by Crippen LogP contribution is -2.39. The Bertz CT molecular complexity index is 1450. The second-order valence-electron chi connectivity index (χ2n) is 7.28. The summed E-state index contributed by atoms with van der Waals surface area (Å²) in [5.74, 6) is -2.07. The van der Waals surface area contributed by atoms with Gasteiger partial charge in [-0.1, -0.05) is 35.6 Å². The van der Waals surface area contributed by atoms with Crippen molar-refractivity contribution in [3.8, 4) is 0 Å². The van der Waals surface area contributed by atoms with Crippen LogP contribution >= 0.6 is 11.3 Å². The van der Waals surface area contributed by atoms with Crippen LogP contribution in [0, 0.1) is 5.82 Å². The molecule has 9 heteroatoms. The van der Waals surface area contributed by atoms with Crippen LogP contribution in [0.5, 0.6) is 0 Å². The van der Waals surface area contributed by atoms with Gasteiger partial charge in [0.05, 0.1) is 34.0 Å². The fraction of sp³-hybridized carbons (Fsp3) is 0.167. The monoisotopic (exact) mass is 466 g/mol. The maximum atomic E-state index is 13.6. The van der Waals surface area contributed by atoms with Crippen LogP contribution < -0.4 is 14.9 Å². The van der Waals surface area contributed by atoms with Gasteiger partial charge in [0.1, 0.15) is 5.82 Å². The number of benzene rings is 2. The van der Waals surface area contributed by atoms with Crippen molar-refractivity contribution in [2.24, 2.45) is 4.99 Å². The molecule has 0 unspecified atom stereocenters. The van der Waals surface area contributed by atoms with Crippen molar-refractivity contribution in [2.45, 2.75) is 19.9 Å². The molecule has 4 rings (SSSR count). The quantitative estimate of drug-likeness (QED) is 0.583. The fourth-order valence-electron chi connectivity index (χ4n) is 3.63. The number of aromatic nitrogens is 1. The topological polar surface area (TPSA) is 98.0 Å². The highest BCUT2D eigenvalue weighted by molar-refractivity contribution is 7.07. The van der Waals surface area contributed by atoms with Crippen molar-refractivity contribution in [3.63, 3.8) is 0 Å². The van der Waals surface area contributed by atoms with E-state index in [1.54, 1.807) is 32.1 Å². The summed E-state index contributed by atoms with van der Waals surface area (Å²) in [5, 5.41) is 9.07. The van der Waals surface area contributed by atoms with Gasteiger partial charge in [-0.15, -0.1) is 0 Å². The number of aromatic carboxylic acids is 1. The Kier molecular flexibility index (Phi) is 6.06. The van der Waals surface area contributed by atoms with Crippen LogP contribution in [-0.4, -0.2) is 28.2 Å². The first-order chi connectivity index (χ1) is 15.8. The number of carboxylic acid groups (broad SMARTS) is 1. The molecule has 0 saturated carbocycles. The number of thiazole rings is 1. The molecular weight excluding hydrogens is 447 g/mol. The number of rotatable bonds is 5. The SMILES string of the molecule is CCOC(=O)C1=C(C)N=c2s/c(=C\c3ccc(C(=O)O)cc3)c(=O)n2[C@H]1c1ccc(F)cc1. The first kappa shape index (κ1) is 22.3. The summed E-state index contributed by atoms with van der Waals surface area (Å²) in [5.41, 5.74) is 1.59. The number of carbonyl (C=O) groups is 2. The van der Waals surface area contributed by atoms with E-state index in [1.807, 2.05) is 0 Å². The molecule has 0 bridgehead atoms. The number of carbonyl (C=O) groups excluding carboxylic acids is 1. The van der Waals surface area contributed by atoms with Crippen LogP contribution in [0.1, 0.15) is 41.4 Å². The van der Waals surface area contributed by atoms with Crippen molar-refractivity contribution < 1.29 is 23.8 Å². The number of hydrogen-bond donors (Lipinski definition) is 1. The van der Waals surface area contributed by atoms with E-state index in [2.05, 4.69) is 4.99 Å². The normalized spacial score (nSPS) is 15.7. The molecule has 0 amide bonds. The second kappa shape index (κ2) is 8.95. The van der Waals surface area contributed by atoms with Crippen LogP contribution in [0.3, 0.4) is 0 Å². The second-order valence-corrected chi connectivity index (χ2v) is 8.29.